The SMILES string of the molecule is C[Si](C)C1=C(c2ccccc2)c2ccccc2C1Cl. The van der Waals surface area contributed by atoms with Crippen molar-refractivity contribution in [2.75, 3.05) is 0 Å². The van der Waals surface area contributed by atoms with Crippen LogP contribution in [-0.2, 0) is 0 Å². The fraction of sp³-hybridized carbons (Fsp3) is 0.176. The number of halogens is 1. The molecule has 95 valence electrons. The molecule has 1 radical (unpaired) electrons. The van der Waals surface area contributed by atoms with Crippen LogP contribution in [0, 0.1) is 0 Å². The number of hydrogen-bond donors (Lipinski definition) is 0. The van der Waals surface area contributed by atoms with Crippen LogP contribution in [0.3, 0.4) is 0 Å². The zero-order chi connectivity index (χ0) is 13.4. The molecular weight excluding hydrogens is 268 g/mol. The third-order valence-electron chi connectivity index (χ3n) is 3.63. The van der Waals surface area contributed by atoms with Gasteiger partial charge in [0.05, 0.1) is 14.2 Å². The van der Waals surface area contributed by atoms with E-state index in [2.05, 4.69) is 67.7 Å². The van der Waals surface area contributed by atoms with Gasteiger partial charge < -0.3 is 0 Å². The van der Waals surface area contributed by atoms with Gasteiger partial charge >= 0.3 is 0 Å². The summed E-state index contributed by atoms with van der Waals surface area (Å²) in [5.74, 6) is 0. The summed E-state index contributed by atoms with van der Waals surface area (Å²) in [7, 11) is -0.575. The number of alkyl halides is 1. The van der Waals surface area contributed by atoms with Crippen LogP contribution in [0.15, 0.2) is 59.8 Å². The third kappa shape index (κ3) is 2.07. The molecule has 0 fully saturated rings. The summed E-state index contributed by atoms with van der Waals surface area (Å²) in [5.41, 5.74) is 5.24. The van der Waals surface area contributed by atoms with Crippen LogP contribution >= 0.6 is 11.6 Å². The summed E-state index contributed by atoms with van der Waals surface area (Å²) in [5, 5.41) is 1.49. The maximum atomic E-state index is 6.72. The largest absolute Gasteiger partial charge is 0.113 e. The Morgan fingerprint density at radius 2 is 1.53 bits per heavy atom. The highest BCUT2D eigenvalue weighted by Crippen LogP contribution is 2.47. The Morgan fingerprint density at radius 1 is 0.895 bits per heavy atom. The van der Waals surface area contributed by atoms with Crippen molar-refractivity contribution in [1.29, 1.82) is 0 Å². The number of rotatable bonds is 2. The van der Waals surface area contributed by atoms with E-state index >= 15 is 0 Å². The highest BCUT2D eigenvalue weighted by molar-refractivity contribution is 6.67. The summed E-state index contributed by atoms with van der Waals surface area (Å²) < 4.78 is 0. The number of fused-ring (bicyclic) bond motifs is 1. The molecule has 2 aromatic carbocycles. The topological polar surface area (TPSA) is 0 Å². The van der Waals surface area contributed by atoms with Gasteiger partial charge in [-0.1, -0.05) is 72.9 Å². The van der Waals surface area contributed by atoms with Gasteiger partial charge in [0.1, 0.15) is 0 Å². The summed E-state index contributed by atoms with van der Waals surface area (Å²) >= 11 is 6.72. The Balaban J connectivity index is 2.27. The normalized spacial score (nSPS) is 18.0. The van der Waals surface area contributed by atoms with E-state index in [0.717, 1.165) is 0 Å². The van der Waals surface area contributed by atoms with Crippen molar-refractivity contribution in [2.45, 2.75) is 18.5 Å². The van der Waals surface area contributed by atoms with E-state index in [1.165, 1.54) is 27.5 Å². The van der Waals surface area contributed by atoms with Crippen LogP contribution in [-0.4, -0.2) is 8.80 Å². The molecule has 19 heavy (non-hydrogen) atoms. The molecule has 0 aliphatic heterocycles. The first kappa shape index (κ1) is 12.7. The Bertz CT molecular complexity index is 629. The van der Waals surface area contributed by atoms with E-state index in [1.807, 2.05) is 0 Å². The minimum absolute atomic E-state index is 0.0512. The molecule has 1 aliphatic carbocycles. The molecule has 3 rings (SSSR count). The summed E-state index contributed by atoms with van der Waals surface area (Å²) in [6.45, 7) is 4.65. The average molecular weight is 284 g/mol. The molecule has 2 heteroatoms. The second kappa shape index (κ2) is 4.99. The Morgan fingerprint density at radius 3 is 2.21 bits per heavy atom. The van der Waals surface area contributed by atoms with Crippen LogP contribution < -0.4 is 0 Å². The highest BCUT2D eigenvalue weighted by Gasteiger charge is 2.31. The van der Waals surface area contributed by atoms with E-state index < -0.39 is 8.80 Å². The standard InChI is InChI=1S/C17H16ClSi/c1-19(2)17-15(12-8-4-3-5-9-12)13-10-6-7-11-14(13)16(17)18/h3-11,16H,1-2H3. The van der Waals surface area contributed by atoms with Gasteiger partial charge in [-0.15, -0.1) is 11.6 Å². The van der Waals surface area contributed by atoms with Crippen molar-refractivity contribution >= 4 is 26.0 Å². The maximum Gasteiger partial charge on any atom is 0.0773 e. The van der Waals surface area contributed by atoms with Crippen LogP contribution in [0.1, 0.15) is 22.1 Å². The van der Waals surface area contributed by atoms with E-state index in [-0.39, 0.29) is 5.38 Å². The van der Waals surface area contributed by atoms with Gasteiger partial charge in [-0.3, -0.25) is 0 Å². The maximum absolute atomic E-state index is 6.72. The Labute approximate surface area is 121 Å². The molecule has 1 aliphatic rings. The van der Waals surface area contributed by atoms with Crippen molar-refractivity contribution in [3.8, 4) is 0 Å². The van der Waals surface area contributed by atoms with Gasteiger partial charge in [0.25, 0.3) is 0 Å². The number of benzene rings is 2. The minimum Gasteiger partial charge on any atom is -0.113 e. The second-order valence-electron chi connectivity index (χ2n) is 5.10. The molecule has 2 aromatic rings. The quantitative estimate of drug-likeness (QED) is 0.533. The molecule has 0 heterocycles. The molecule has 1 unspecified atom stereocenters. The van der Waals surface area contributed by atoms with E-state index in [9.17, 15) is 0 Å². The Hall–Kier alpha value is -1.31. The predicted molar refractivity (Wildman–Crippen MR) is 85.0 cm³/mol. The van der Waals surface area contributed by atoms with Gasteiger partial charge in [0.2, 0.25) is 0 Å². The first-order valence-electron chi connectivity index (χ1n) is 6.53. The predicted octanol–water partition coefficient (Wildman–Crippen LogP) is 5.08. The molecule has 0 nitrogen and oxygen atoms in total. The minimum atomic E-state index is -0.575. The van der Waals surface area contributed by atoms with Crippen molar-refractivity contribution in [3.63, 3.8) is 0 Å². The van der Waals surface area contributed by atoms with Gasteiger partial charge in [-0.05, 0) is 22.3 Å². The highest BCUT2D eigenvalue weighted by atomic mass is 35.5. The third-order valence-corrected chi connectivity index (χ3v) is 5.88. The monoisotopic (exact) mass is 283 g/mol. The molecule has 0 N–H and O–H groups in total. The van der Waals surface area contributed by atoms with Gasteiger partial charge in [-0.25, -0.2) is 0 Å². The lowest BCUT2D eigenvalue weighted by atomic mass is 9.99. The summed E-state index contributed by atoms with van der Waals surface area (Å²) in [4.78, 5) is 0. The van der Waals surface area contributed by atoms with Crippen LogP contribution in [0.4, 0.5) is 0 Å². The molecule has 1 atom stereocenters. The first-order chi connectivity index (χ1) is 9.20. The zero-order valence-electron chi connectivity index (χ0n) is 11.2. The molecular formula is C17H16ClSi. The lowest BCUT2D eigenvalue weighted by molar-refractivity contribution is 1.21. The zero-order valence-corrected chi connectivity index (χ0v) is 12.9. The van der Waals surface area contributed by atoms with E-state index in [4.69, 9.17) is 11.6 Å². The van der Waals surface area contributed by atoms with Crippen LogP contribution in [0.5, 0.6) is 0 Å². The fourth-order valence-corrected chi connectivity index (χ4v) is 5.19. The second-order valence-corrected chi connectivity index (χ2v) is 8.08. The van der Waals surface area contributed by atoms with Gasteiger partial charge in [-0.2, -0.15) is 0 Å². The van der Waals surface area contributed by atoms with E-state index in [1.54, 1.807) is 0 Å². The van der Waals surface area contributed by atoms with Crippen molar-refractivity contribution in [3.05, 3.63) is 76.5 Å². The Kier molecular flexibility index (Phi) is 3.34. The molecule has 0 saturated heterocycles. The molecule has 0 spiro atoms. The smallest absolute Gasteiger partial charge is 0.0773 e. The van der Waals surface area contributed by atoms with Gasteiger partial charge in [0.15, 0.2) is 0 Å². The van der Waals surface area contributed by atoms with E-state index in [0.29, 0.717) is 0 Å². The number of allylic oxidation sites excluding steroid dienone is 1. The van der Waals surface area contributed by atoms with Crippen molar-refractivity contribution in [1.82, 2.24) is 0 Å². The fourth-order valence-electron chi connectivity index (χ4n) is 2.79. The average Bonchev–Trinajstić information content (AvgIpc) is 2.74. The summed E-state index contributed by atoms with van der Waals surface area (Å²) in [6, 6.07) is 19.2. The first-order valence-corrected chi connectivity index (χ1v) is 9.47. The lowest BCUT2D eigenvalue weighted by Crippen LogP contribution is -2.09. The summed E-state index contributed by atoms with van der Waals surface area (Å²) in [6.07, 6.45) is 0. The van der Waals surface area contributed by atoms with Crippen LogP contribution in [0.2, 0.25) is 13.1 Å². The molecule has 0 amide bonds. The van der Waals surface area contributed by atoms with Gasteiger partial charge in [0, 0.05) is 0 Å². The molecule has 0 bridgehead atoms. The number of hydrogen-bond acceptors (Lipinski definition) is 0. The van der Waals surface area contributed by atoms with Crippen molar-refractivity contribution in [2.24, 2.45) is 0 Å². The molecule has 0 aromatic heterocycles. The molecule has 0 saturated carbocycles. The van der Waals surface area contributed by atoms with Crippen molar-refractivity contribution < 1.29 is 0 Å². The lowest BCUT2D eigenvalue weighted by Gasteiger charge is -2.13. The van der Waals surface area contributed by atoms with Crippen LogP contribution in [0.25, 0.3) is 5.57 Å².